The molecule has 1 unspecified atom stereocenters. The summed E-state index contributed by atoms with van der Waals surface area (Å²) in [7, 11) is 0. The van der Waals surface area contributed by atoms with Gasteiger partial charge in [-0.05, 0) is 42.6 Å². The minimum atomic E-state index is -0.462. The molecular formula is C16H18BrN3O3S. The van der Waals surface area contributed by atoms with Crippen molar-refractivity contribution in [2.24, 2.45) is 0 Å². The zero-order chi connectivity index (χ0) is 17.4. The average molecular weight is 412 g/mol. The molecule has 1 atom stereocenters. The number of carbonyl (C=O) groups is 2. The normalized spacial score (nSPS) is 11.4. The van der Waals surface area contributed by atoms with Crippen LogP contribution in [-0.4, -0.2) is 24.6 Å². The SMILES string of the molecule is CC(Cc1cccs1)NC(=O)NNC(=O)COc1ccc(Br)cc1. The highest BCUT2D eigenvalue weighted by molar-refractivity contribution is 9.10. The fraction of sp³-hybridized carbons (Fsp3) is 0.250. The maximum Gasteiger partial charge on any atom is 0.333 e. The second-order valence-corrected chi connectivity index (χ2v) is 7.02. The molecule has 1 aromatic carbocycles. The van der Waals surface area contributed by atoms with Crippen LogP contribution in [0.5, 0.6) is 5.75 Å². The summed E-state index contributed by atoms with van der Waals surface area (Å²) in [5.41, 5.74) is 4.60. The van der Waals surface area contributed by atoms with Gasteiger partial charge in [-0.15, -0.1) is 11.3 Å². The second-order valence-electron chi connectivity index (χ2n) is 5.07. The number of hydrogen-bond acceptors (Lipinski definition) is 4. The topological polar surface area (TPSA) is 79.5 Å². The Hall–Kier alpha value is -2.06. The fourth-order valence-electron chi connectivity index (χ4n) is 1.88. The number of rotatable bonds is 6. The highest BCUT2D eigenvalue weighted by atomic mass is 79.9. The van der Waals surface area contributed by atoms with Gasteiger partial charge in [0.05, 0.1) is 0 Å². The Bertz CT molecular complexity index is 662. The number of urea groups is 1. The van der Waals surface area contributed by atoms with E-state index in [4.69, 9.17) is 4.74 Å². The van der Waals surface area contributed by atoms with Crippen LogP contribution in [0.2, 0.25) is 0 Å². The molecule has 0 radical (unpaired) electrons. The van der Waals surface area contributed by atoms with Crippen molar-refractivity contribution in [2.45, 2.75) is 19.4 Å². The average Bonchev–Trinajstić information content (AvgIpc) is 3.05. The molecule has 0 saturated carbocycles. The number of thiophene rings is 1. The monoisotopic (exact) mass is 411 g/mol. The van der Waals surface area contributed by atoms with Gasteiger partial charge in [-0.25, -0.2) is 10.2 Å². The predicted molar refractivity (Wildman–Crippen MR) is 96.9 cm³/mol. The van der Waals surface area contributed by atoms with Crippen LogP contribution in [0, 0.1) is 0 Å². The van der Waals surface area contributed by atoms with E-state index < -0.39 is 11.9 Å². The van der Waals surface area contributed by atoms with Gasteiger partial charge < -0.3 is 10.1 Å². The molecule has 24 heavy (non-hydrogen) atoms. The molecule has 1 aromatic heterocycles. The van der Waals surface area contributed by atoms with Crippen LogP contribution in [0.15, 0.2) is 46.3 Å². The lowest BCUT2D eigenvalue weighted by Gasteiger charge is -2.14. The van der Waals surface area contributed by atoms with E-state index in [0.717, 1.165) is 10.9 Å². The third-order valence-corrected chi connectivity index (χ3v) is 4.39. The van der Waals surface area contributed by atoms with Crippen LogP contribution in [0.1, 0.15) is 11.8 Å². The minimum Gasteiger partial charge on any atom is -0.484 e. The van der Waals surface area contributed by atoms with E-state index in [0.29, 0.717) is 5.75 Å². The van der Waals surface area contributed by atoms with Gasteiger partial charge in [-0.2, -0.15) is 0 Å². The van der Waals surface area contributed by atoms with Crippen molar-refractivity contribution in [2.75, 3.05) is 6.61 Å². The molecule has 0 bridgehead atoms. The highest BCUT2D eigenvalue weighted by Gasteiger charge is 2.10. The Kier molecular flexibility index (Phi) is 7.07. The van der Waals surface area contributed by atoms with Gasteiger partial charge in [0.25, 0.3) is 5.91 Å². The summed E-state index contributed by atoms with van der Waals surface area (Å²) in [6, 6.07) is 10.6. The lowest BCUT2D eigenvalue weighted by molar-refractivity contribution is -0.123. The smallest absolute Gasteiger partial charge is 0.333 e. The van der Waals surface area contributed by atoms with Crippen molar-refractivity contribution in [3.8, 4) is 5.75 Å². The third kappa shape index (κ3) is 6.59. The van der Waals surface area contributed by atoms with Gasteiger partial charge in [0.2, 0.25) is 0 Å². The van der Waals surface area contributed by atoms with E-state index >= 15 is 0 Å². The van der Waals surface area contributed by atoms with Gasteiger partial charge in [0, 0.05) is 21.8 Å². The van der Waals surface area contributed by atoms with Crippen molar-refractivity contribution < 1.29 is 14.3 Å². The summed E-state index contributed by atoms with van der Waals surface area (Å²) >= 11 is 4.96. The zero-order valence-corrected chi connectivity index (χ0v) is 15.4. The molecule has 8 heteroatoms. The van der Waals surface area contributed by atoms with Crippen LogP contribution in [0.3, 0.4) is 0 Å². The summed E-state index contributed by atoms with van der Waals surface area (Å²) in [6.07, 6.45) is 0.742. The molecule has 0 fully saturated rings. The van der Waals surface area contributed by atoms with E-state index in [1.54, 1.807) is 23.5 Å². The van der Waals surface area contributed by atoms with E-state index in [-0.39, 0.29) is 12.6 Å². The molecule has 0 aliphatic carbocycles. The predicted octanol–water partition coefficient (Wildman–Crippen LogP) is 2.85. The third-order valence-electron chi connectivity index (χ3n) is 2.96. The minimum absolute atomic E-state index is 0.0421. The first-order chi connectivity index (χ1) is 11.5. The quantitative estimate of drug-likeness (QED) is 0.639. The van der Waals surface area contributed by atoms with Crippen LogP contribution >= 0.6 is 27.3 Å². The molecule has 128 valence electrons. The molecule has 0 aliphatic heterocycles. The van der Waals surface area contributed by atoms with Crippen LogP contribution in [-0.2, 0) is 11.2 Å². The molecule has 3 amide bonds. The molecule has 0 saturated heterocycles. The van der Waals surface area contributed by atoms with Crippen molar-refractivity contribution in [3.05, 3.63) is 51.1 Å². The first kappa shape index (κ1) is 18.3. The largest absolute Gasteiger partial charge is 0.484 e. The fourth-order valence-corrected chi connectivity index (χ4v) is 2.98. The van der Waals surface area contributed by atoms with E-state index in [2.05, 4.69) is 32.1 Å². The molecule has 1 heterocycles. The van der Waals surface area contributed by atoms with Crippen LogP contribution in [0.4, 0.5) is 4.79 Å². The number of hydrazine groups is 1. The summed E-state index contributed by atoms with van der Waals surface area (Å²) in [6.45, 7) is 1.71. The summed E-state index contributed by atoms with van der Waals surface area (Å²) < 4.78 is 6.23. The maximum absolute atomic E-state index is 11.7. The Morgan fingerprint density at radius 1 is 1.21 bits per heavy atom. The number of carbonyl (C=O) groups excluding carboxylic acids is 2. The molecule has 6 nitrogen and oxygen atoms in total. The van der Waals surface area contributed by atoms with Crippen molar-refractivity contribution in [1.29, 1.82) is 0 Å². The summed E-state index contributed by atoms with van der Waals surface area (Å²) in [5.74, 6) is 0.126. The van der Waals surface area contributed by atoms with E-state index in [1.807, 2.05) is 36.6 Å². The van der Waals surface area contributed by atoms with Gasteiger partial charge in [-0.3, -0.25) is 10.2 Å². The maximum atomic E-state index is 11.7. The lowest BCUT2D eigenvalue weighted by Crippen LogP contribution is -2.50. The number of benzene rings is 1. The number of ether oxygens (including phenoxy) is 1. The number of nitrogens with one attached hydrogen (secondary N) is 3. The molecule has 0 aliphatic rings. The van der Waals surface area contributed by atoms with Gasteiger partial charge in [0.15, 0.2) is 6.61 Å². The van der Waals surface area contributed by atoms with E-state index in [9.17, 15) is 9.59 Å². The number of halogens is 1. The molecule has 2 aromatic rings. The molecule has 3 N–H and O–H groups in total. The molecule has 0 spiro atoms. The molecule has 2 rings (SSSR count). The summed E-state index contributed by atoms with van der Waals surface area (Å²) in [5, 5.41) is 4.74. The highest BCUT2D eigenvalue weighted by Crippen LogP contribution is 2.15. The Labute approximate surface area is 152 Å². The first-order valence-corrected chi connectivity index (χ1v) is 8.96. The van der Waals surface area contributed by atoms with Crippen molar-refractivity contribution in [3.63, 3.8) is 0 Å². The van der Waals surface area contributed by atoms with Crippen molar-refractivity contribution >= 4 is 39.2 Å². The van der Waals surface area contributed by atoms with Gasteiger partial charge in [0.1, 0.15) is 5.75 Å². The van der Waals surface area contributed by atoms with E-state index in [1.165, 1.54) is 4.88 Å². The van der Waals surface area contributed by atoms with Gasteiger partial charge >= 0.3 is 6.03 Å². The Balaban J connectivity index is 1.63. The number of amides is 3. The Morgan fingerprint density at radius 2 is 1.96 bits per heavy atom. The molecular weight excluding hydrogens is 394 g/mol. The van der Waals surface area contributed by atoms with Gasteiger partial charge in [-0.1, -0.05) is 22.0 Å². The number of hydrogen-bond donors (Lipinski definition) is 3. The van der Waals surface area contributed by atoms with Crippen LogP contribution in [0.25, 0.3) is 0 Å². The first-order valence-electron chi connectivity index (χ1n) is 7.29. The van der Waals surface area contributed by atoms with Crippen LogP contribution < -0.4 is 20.9 Å². The van der Waals surface area contributed by atoms with Crippen molar-refractivity contribution in [1.82, 2.24) is 16.2 Å². The zero-order valence-electron chi connectivity index (χ0n) is 13.0. The standard InChI is InChI=1S/C16H18BrN3O3S/c1-11(9-14-3-2-8-24-14)18-16(22)20-19-15(21)10-23-13-6-4-12(17)5-7-13/h2-8,11H,9-10H2,1H3,(H,19,21)(H2,18,20,22). The summed E-state index contributed by atoms with van der Waals surface area (Å²) in [4.78, 5) is 24.6. The lowest BCUT2D eigenvalue weighted by atomic mass is 10.2. The Morgan fingerprint density at radius 3 is 2.62 bits per heavy atom. The second kappa shape index (κ2) is 9.29.